The average molecular weight is 487 g/mol. The normalized spacial score (nSPS) is 10.7. The molecule has 0 fully saturated rings. The van der Waals surface area contributed by atoms with Gasteiger partial charge in [0, 0.05) is 37.8 Å². The minimum atomic E-state index is -0.0657. The van der Waals surface area contributed by atoms with Crippen molar-refractivity contribution in [1.82, 2.24) is 10.6 Å². The fourth-order valence-corrected chi connectivity index (χ4v) is 2.55. The van der Waals surface area contributed by atoms with E-state index in [1.807, 2.05) is 48.5 Å². The second kappa shape index (κ2) is 11.7. The molecule has 0 saturated carbocycles. The number of carbonyl (C=O) groups excluding carboxylic acids is 1. The van der Waals surface area contributed by atoms with E-state index in [0.717, 1.165) is 35.2 Å². The molecule has 0 unspecified atom stereocenters. The lowest BCUT2D eigenvalue weighted by atomic mass is 10.1. The van der Waals surface area contributed by atoms with E-state index >= 15 is 0 Å². The molecule has 0 bridgehead atoms. The van der Waals surface area contributed by atoms with E-state index in [9.17, 15) is 4.79 Å². The van der Waals surface area contributed by atoms with E-state index in [-0.39, 0.29) is 29.9 Å². The van der Waals surface area contributed by atoms with E-state index in [1.54, 1.807) is 7.05 Å². The van der Waals surface area contributed by atoms with Gasteiger partial charge in [0.05, 0.1) is 0 Å². The van der Waals surface area contributed by atoms with E-state index in [1.165, 1.54) is 12.5 Å². The van der Waals surface area contributed by atoms with Gasteiger partial charge in [0.25, 0.3) is 0 Å². The molecule has 2 rings (SSSR count). The standard InChI is InChI=1S/C19H23ClN4O.HI/c1-14(25)24-18-8-6-15(7-9-18)10-11-22-19(21-2)23-13-16-4-3-5-17(20)12-16;/h3-9,12H,10-11,13H2,1-2H3,(H,24,25)(H2,21,22,23);1H. The van der Waals surface area contributed by atoms with Gasteiger partial charge in [-0.3, -0.25) is 9.79 Å². The third kappa shape index (κ3) is 8.05. The summed E-state index contributed by atoms with van der Waals surface area (Å²) in [6.45, 7) is 2.92. The molecule has 0 spiro atoms. The Morgan fingerprint density at radius 2 is 1.81 bits per heavy atom. The van der Waals surface area contributed by atoms with Crippen LogP contribution >= 0.6 is 35.6 Å². The van der Waals surface area contributed by atoms with Crippen molar-refractivity contribution in [2.75, 3.05) is 18.9 Å². The molecular weight excluding hydrogens is 463 g/mol. The number of hydrogen-bond acceptors (Lipinski definition) is 2. The molecule has 3 N–H and O–H groups in total. The zero-order valence-corrected chi connectivity index (χ0v) is 18.0. The van der Waals surface area contributed by atoms with Crippen LogP contribution in [0, 0.1) is 0 Å². The van der Waals surface area contributed by atoms with Crippen molar-refractivity contribution in [2.45, 2.75) is 19.9 Å². The Morgan fingerprint density at radius 3 is 2.42 bits per heavy atom. The van der Waals surface area contributed by atoms with Gasteiger partial charge >= 0.3 is 0 Å². The molecule has 0 saturated heterocycles. The third-order valence-electron chi connectivity index (χ3n) is 3.55. The number of benzene rings is 2. The van der Waals surface area contributed by atoms with E-state index in [2.05, 4.69) is 20.9 Å². The Morgan fingerprint density at radius 1 is 1.08 bits per heavy atom. The van der Waals surface area contributed by atoms with Crippen LogP contribution in [0.5, 0.6) is 0 Å². The number of anilines is 1. The Bertz CT molecular complexity index is 735. The summed E-state index contributed by atoms with van der Waals surface area (Å²) >= 11 is 5.99. The highest BCUT2D eigenvalue weighted by molar-refractivity contribution is 14.0. The van der Waals surface area contributed by atoms with Gasteiger partial charge in [-0.2, -0.15) is 0 Å². The number of hydrogen-bond donors (Lipinski definition) is 3. The highest BCUT2D eigenvalue weighted by atomic mass is 127. The number of carbonyl (C=O) groups is 1. The first-order valence-electron chi connectivity index (χ1n) is 8.12. The van der Waals surface area contributed by atoms with Gasteiger partial charge in [0.1, 0.15) is 0 Å². The monoisotopic (exact) mass is 486 g/mol. The summed E-state index contributed by atoms with van der Waals surface area (Å²) in [6.07, 6.45) is 0.859. The first-order chi connectivity index (χ1) is 12.1. The summed E-state index contributed by atoms with van der Waals surface area (Å²) in [5, 5.41) is 10.0. The Balaban J connectivity index is 0.00000338. The fraction of sp³-hybridized carbons (Fsp3) is 0.263. The molecule has 2 aromatic carbocycles. The van der Waals surface area contributed by atoms with Crippen LogP contribution in [0.15, 0.2) is 53.5 Å². The summed E-state index contributed by atoms with van der Waals surface area (Å²) in [5.41, 5.74) is 3.10. The van der Waals surface area contributed by atoms with Crippen molar-refractivity contribution in [3.8, 4) is 0 Å². The lowest BCUT2D eigenvalue weighted by Gasteiger charge is -2.12. The van der Waals surface area contributed by atoms with E-state index in [4.69, 9.17) is 11.6 Å². The summed E-state index contributed by atoms with van der Waals surface area (Å²) in [4.78, 5) is 15.2. The van der Waals surface area contributed by atoms with Crippen LogP contribution < -0.4 is 16.0 Å². The molecule has 140 valence electrons. The van der Waals surface area contributed by atoms with Gasteiger partial charge in [0.2, 0.25) is 5.91 Å². The molecule has 0 aromatic heterocycles. The topological polar surface area (TPSA) is 65.5 Å². The molecule has 1 amide bonds. The second-order valence-electron chi connectivity index (χ2n) is 5.61. The molecule has 0 aliphatic heterocycles. The zero-order valence-electron chi connectivity index (χ0n) is 14.9. The number of nitrogens with zero attached hydrogens (tertiary/aromatic N) is 1. The molecule has 0 aliphatic rings. The van der Waals surface area contributed by atoms with Crippen molar-refractivity contribution >= 4 is 53.1 Å². The SMILES string of the molecule is CN=C(NCCc1ccc(NC(C)=O)cc1)NCc1cccc(Cl)c1.I. The molecule has 0 heterocycles. The van der Waals surface area contributed by atoms with Gasteiger partial charge in [-0.05, 0) is 41.8 Å². The first kappa shape index (κ1) is 22.2. The maximum Gasteiger partial charge on any atom is 0.221 e. The predicted octanol–water partition coefficient (Wildman–Crippen LogP) is 3.82. The minimum absolute atomic E-state index is 0. The maximum absolute atomic E-state index is 11.0. The molecule has 0 atom stereocenters. The van der Waals surface area contributed by atoms with E-state index in [0.29, 0.717) is 6.54 Å². The minimum Gasteiger partial charge on any atom is -0.356 e. The van der Waals surface area contributed by atoms with Crippen LogP contribution in [0.3, 0.4) is 0 Å². The largest absolute Gasteiger partial charge is 0.356 e. The van der Waals surface area contributed by atoms with Crippen molar-refractivity contribution in [3.63, 3.8) is 0 Å². The van der Waals surface area contributed by atoms with Crippen LogP contribution in [-0.4, -0.2) is 25.5 Å². The van der Waals surface area contributed by atoms with Crippen LogP contribution in [-0.2, 0) is 17.8 Å². The quantitative estimate of drug-likeness (QED) is 0.330. The summed E-state index contributed by atoms with van der Waals surface area (Å²) in [7, 11) is 1.75. The lowest BCUT2D eigenvalue weighted by molar-refractivity contribution is -0.114. The zero-order chi connectivity index (χ0) is 18.1. The molecule has 7 heteroatoms. The van der Waals surface area contributed by atoms with Crippen LogP contribution in [0.1, 0.15) is 18.1 Å². The van der Waals surface area contributed by atoms with Crippen LogP contribution in [0.25, 0.3) is 0 Å². The van der Waals surface area contributed by atoms with Crippen LogP contribution in [0.4, 0.5) is 5.69 Å². The number of rotatable bonds is 6. The number of amides is 1. The van der Waals surface area contributed by atoms with Crippen molar-refractivity contribution in [3.05, 3.63) is 64.7 Å². The highest BCUT2D eigenvalue weighted by Gasteiger charge is 2.00. The summed E-state index contributed by atoms with van der Waals surface area (Å²) in [6, 6.07) is 15.6. The molecule has 2 aromatic rings. The number of halogens is 2. The second-order valence-corrected chi connectivity index (χ2v) is 6.05. The van der Waals surface area contributed by atoms with Gasteiger partial charge in [0.15, 0.2) is 5.96 Å². The maximum atomic E-state index is 11.0. The van der Waals surface area contributed by atoms with Crippen molar-refractivity contribution in [2.24, 2.45) is 4.99 Å². The van der Waals surface area contributed by atoms with Gasteiger partial charge < -0.3 is 16.0 Å². The Hall–Kier alpha value is -1.80. The molecule has 26 heavy (non-hydrogen) atoms. The number of nitrogens with one attached hydrogen (secondary N) is 3. The molecule has 0 radical (unpaired) electrons. The highest BCUT2D eigenvalue weighted by Crippen LogP contribution is 2.11. The number of aliphatic imine (C=N–C) groups is 1. The lowest BCUT2D eigenvalue weighted by Crippen LogP contribution is -2.37. The van der Waals surface area contributed by atoms with Gasteiger partial charge in [-0.25, -0.2) is 0 Å². The van der Waals surface area contributed by atoms with Gasteiger partial charge in [-0.1, -0.05) is 35.9 Å². The smallest absolute Gasteiger partial charge is 0.221 e. The number of guanidine groups is 1. The fourth-order valence-electron chi connectivity index (χ4n) is 2.34. The van der Waals surface area contributed by atoms with Crippen LogP contribution in [0.2, 0.25) is 5.02 Å². The average Bonchev–Trinajstić information content (AvgIpc) is 2.59. The summed E-state index contributed by atoms with van der Waals surface area (Å²) in [5.74, 6) is 0.679. The van der Waals surface area contributed by atoms with Crippen molar-refractivity contribution in [1.29, 1.82) is 0 Å². The Kier molecular flexibility index (Phi) is 10.0. The molecule has 5 nitrogen and oxygen atoms in total. The molecular formula is C19H24ClIN4O. The van der Waals surface area contributed by atoms with Gasteiger partial charge in [-0.15, -0.1) is 24.0 Å². The first-order valence-corrected chi connectivity index (χ1v) is 8.50. The predicted molar refractivity (Wildman–Crippen MR) is 120 cm³/mol. The third-order valence-corrected chi connectivity index (χ3v) is 3.79. The summed E-state index contributed by atoms with van der Waals surface area (Å²) < 4.78 is 0. The van der Waals surface area contributed by atoms with E-state index < -0.39 is 0 Å². The molecule has 0 aliphatic carbocycles. The van der Waals surface area contributed by atoms with Crippen molar-refractivity contribution < 1.29 is 4.79 Å². The Labute approximate surface area is 176 Å².